The molecule has 2 unspecified atom stereocenters. The monoisotopic (exact) mass is 229 g/mol. The van der Waals surface area contributed by atoms with Gasteiger partial charge in [-0.05, 0) is 34.6 Å². The normalized spacial score (nSPS) is 26.9. The highest BCUT2D eigenvalue weighted by molar-refractivity contribution is 5.77. The van der Waals surface area contributed by atoms with E-state index in [9.17, 15) is 4.79 Å². The molecule has 1 saturated heterocycles. The minimum Gasteiger partial charge on any atom is -0.372 e. The second kappa shape index (κ2) is 5.15. The summed E-state index contributed by atoms with van der Waals surface area (Å²) in [5.41, 5.74) is -0.265. The molecule has 16 heavy (non-hydrogen) atoms. The molecule has 0 bridgehead atoms. The molecule has 1 fully saturated rings. The SMILES string of the molecule is CC1CN(C(=O)COC(C)(C)C)CC(C)O1. The quantitative estimate of drug-likeness (QED) is 0.719. The zero-order chi connectivity index (χ0) is 12.3. The summed E-state index contributed by atoms with van der Waals surface area (Å²) >= 11 is 0. The van der Waals surface area contributed by atoms with Crippen LogP contribution in [-0.4, -0.2) is 48.3 Å². The second-order valence-electron chi connectivity index (χ2n) is 5.46. The van der Waals surface area contributed by atoms with Crippen LogP contribution in [0, 0.1) is 0 Å². The number of carbonyl (C=O) groups is 1. The third-order valence-electron chi connectivity index (χ3n) is 2.40. The number of ether oxygens (including phenoxy) is 2. The van der Waals surface area contributed by atoms with Crippen molar-refractivity contribution in [1.82, 2.24) is 4.90 Å². The first-order valence-electron chi connectivity index (χ1n) is 5.85. The molecule has 0 radical (unpaired) electrons. The zero-order valence-corrected chi connectivity index (χ0v) is 10.9. The van der Waals surface area contributed by atoms with E-state index in [1.165, 1.54) is 0 Å². The van der Waals surface area contributed by atoms with E-state index in [-0.39, 0.29) is 30.3 Å². The first-order chi connectivity index (χ1) is 7.28. The summed E-state index contributed by atoms with van der Waals surface area (Å²) in [5.74, 6) is 0.0527. The van der Waals surface area contributed by atoms with Crippen LogP contribution >= 0.6 is 0 Å². The Morgan fingerprint density at radius 2 is 1.81 bits per heavy atom. The molecule has 1 aliphatic rings. The van der Waals surface area contributed by atoms with Crippen LogP contribution in [0.5, 0.6) is 0 Å². The maximum Gasteiger partial charge on any atom is 0.248 e. The molecule has 0 saturated carbocycles. The van der Waals surface area contributed by atoms with Gasteiger partial charge in [0.2, 0.25) is 5.91 Å². The number of carbonyl (C=O) groups excluding carboxylic acids is 1. The summed E-state index contributed by atoms with van der Waals surface area (Å²) in [6, 6.07) is 0. The topological polar surface area (TPSA) is 38.8 Å². The van der Waals surface area contributed by atoms with Crippen molar-refractivity contribution in [2.45, 2.75) is 52.4 Å². The average molecular weight is 229 g/mol. The van der Waals surface area contributed by atoms with Crippen molar-refractivity contribution in [2.75, 3.05) is 19.7 Å². The average Bonchev–Trinajstić information content (AvgIpc) is 2.11. The fraction of sp³-hybridized carbons (Fsp3) is 0.917. The second-order valence-corrected chi connectivity index (χ2v) is 5.46. The molecule has 1 heterocycles. The maximum atomic E-state index is 11.9. The van der Waals surface area contributed by atoms with Gasteiger partial charge in [0.25, 0.3) is 0 Å². The van der Waals surface area contributed by atoms with E-state index < -0.39 is 0 Å². The predicted molar refractivity (Wildman–Crippen MR) is 62.3 cm³/mol. The Kier molecular flexibility index (Phi) is 4.33. The van der Waals surface area contributed by atoms with E-state index in [0.717, 1.165) is 0 Å². The third kappa shape index (κ3) is 4.49. The number of nitrogens with zero attached hydrogens (tertiary/aromatic N) is 1. The Labute approximate surface area is 97.9 Å². The van der Waals surface area contributed by atoms with Gasteiger partial charge in [-0.25, -0.2) is 0 Å². The van der Waals surface area contributed by atoms with Crippen molar-refractivity contribution in [1.29, 1.82) is 0 Å². The number of amides is 1. The summed E-state index contributed by atoms with van der Waals surface area (Å²) in [5, 5.41) is 0. The summed E-state index contributed by atoms with van der Waals surface area (Å²) in [6.07, 6.45) is 0.227. The van der Waals surface area contributed by atoms with Gasteiger partial charge in [-0.15, -0.1) is 0 Å². The van der Waals surface area contributed by atoms with Gasteiger partial charge in [0.1, 0.15) is 6.61 Å². The minimum atomic E-state index is -0.265. The Hall–Kier alpha value is -0.610. The lowest BCUT2D eigenvalue weighted by atomic mass is 10.2. The Bertz CT molecular complexity index is 237. The Morgan fingerprint density at radius 1 is 1.31 bits per heavy atom. The molecule has 0 aliphatic carbocycles. The number of hydrogen-bond donors (Lipinski definition) is 0. The molecule has 0 aromatic heterocycles. The van der Waals surface area contributed by atoms with Gasteiger partial charge in [0, 0.05) is 13.1 Å². The molecule has 1 aliphatic heterocycles. The van der Waals surface area contributed by atoms with Gasteiger partial charge in [-0.2, -0.15) is 0 Å². The van der Waals surface area contributed by atoms with Gasteiger partial charge in [-0.1, -0.05) is 0 Å². The molecular formula is C12H23NO3. The van der Waals surface area contributed by atoms with E-state index in [2.05, 4.69) is 0 Å². The van der Waals surface area contributed by atoms with E-state index >= 15 is 0 Å². The standard InChI is InChI=1S/C12H23NO3/c1-9-6-13(7-10(2)16-9)11(14)8-15-12(3,4)5/h9-10H,6-8H2,1-5H3. The maximum absolute atomic E-state index is 11.9. The van der Waals surface area contributed by atoms with Crippen molar-refractivity contribution >= 4 is 5.91 Å². The van der Waals surface area contributed by atoms with E-state index in [1.807, 2.05) is 39.5 Å². The number of hydrogen-bond acceptors (Lipinski definition) is 3. The molecule has 0 spiro atoms. The van der Waals surface area contributed by atoms with Crippen molar-refractivity contribution < 1.29 is 14.3 Å². The lowest BCUT2D eigenvalue weighted by molar-refractivity contribution is -0.152. The van der Waals surface area contributed by atoms with Crippen molar-refractivity contribution in [3.8, 4) is 0 Å². The fourth-order valence-corrected chi connectivity index (χ4v) is 1.75. The summed E-state index contributed by atoms with van der Waals surface area (Å²) in [6.45, 7) is 11.3. The predicted octanol–water partition coefficient (Wildman–Crippen LogP) is 1.44. The first kappa shape index (κ1) is 13.5. The summed E-state index contributed by atoms with van der Waals surface area (Å²) < 4.78 is 11.1. The molecule has 0 aromatic carbocycles. The molecule has 0 N–H and O–H groups in total. The summed E-state index contributed by atoms with van der Waals surface area (Å²) in [7, 11) is 0. The van der Waals surface area contributed by atoms with E-state index in [4.69, 9.17) is 9.47 Å². The highest BCUT2D eigenvalue weighted by Gasteiger charge is 2.26. The van der Waals surface area contributed by atoms with Crippen molar-refractivity contribution in [3.05, 3.63) is 0 Å². The van der Waals surface area contributed by atoms with Gasteiger partial charge in [-0.3, -0.25) is 4.79 Å². The van der Waals surface area contributed by atoms with Crippen LogP contribution in [-0.2, 0) is 14.3 Å². The van der Waals surface area contributed by atoms with Gasteiger partial charge < -0.3 is 14.4 Å². The van der Waals surface area contributed by atoms with Crippen LogP contribution in [0.4, 0.5) is 0 Å². The minimum absolute atomic E-state index is 0.0527. The highest BCUT2D eigenvalue weighted by atomic mass is 16.5. The van der Waals surface area contributed by atoms with Gasteiger partial charge in [0.15, 0.2) is 0 Å². The Morgan fingerprint density at radius 3 is 2.25 bits per heavy atom. The molecule has 0 aromatic rings. The largest absolute Gasteiger partial charge is 0.372 e. The summed E-state index contributed by atoms with van der Waals surface area (Å²) in [4.78, 5) is 13.7. The molecule has 4 heteroatoms. The van der Waals surface area contributed by atoms with Gasteiger partial charge >= 0.3 is 0 Å². The number of morpholine rings is 1. The highest BCUT2D eigenvalue weighted by Crippen LogP contribution is 2.12. The van der Waals surface area contributed by atoms with Crippen molar-refractivity contribution in [3.63, 3.8) is 0 Å². The third-order valence-corrected chi connectivity index (χ3v) is 2.40. The molecule has 2 atom stereocenters. The smallest absolute Gasteiger partial charge is 0.248 e. The lowest BCUT2D eigenvalue weighted by Crippen LogP contribution is -2.49. The van der Waals surface area contributed by atoms with Crippen LogP contribution in [0.15, 0.2) is 0 Å². The van der Waals surface area contributed by atoms with Gasteiger partial charge in [0.05, 0.1) is 17.8 Å². The molecule has 1 rings (SSSR count). The first-order valence-corrected chi connectivity index (χ1v) is 5.85. The fourth-order valence-electron chi connectivity index (χ4n) is 1.75. The van der Waals surface area contributed by atoms with Crippen LogP contribution in [0.1, 0.15) is 34.6 Å². The van der Waals surface area contributed by atoms with E-state index in [0.29, 0.717) is 13.1 Å². The molecule has 1 amide bonds. The Balaban J connectivity index is 2.41. The van der Waals surface area contributed by atoms with Crippen LogP contribution in [0.25, 0.3) is 0 Å². The molecule has 4 nitrogen and oxygen atoms in total. The van der Waals surface area contributed by atoms with Crippen LogP contribution < -0.4 is 0 Å². The van der Waals surface area contributed by atoms with Crippen LogP contribution in [0.3, 0.4) is 0 Å². The molecule has 94 valence electrons. The van der Waals surface area contributed by atoms with Crippen LogP contribution in [0.2, 0.25) is 0 Å². The number of rotatable bonds is 2. The van der Waals surface area contributed by atoms with E-state index in [1.54, 1.807) is 0 Å². The van der Waals surface area contributed by atoms with Crippen molar-refractivity contribution in [2.24, 2.45) is 0 Å². The lowest BCUT2D eigenvalue weighted by Gasteiger charge is -2.35. The molecular weight excluding hydrogens is 206 g/mol. The zero-order valence-electron chi connectivity index (χ0n) is 10.9.